The summed E-state index contributed by atoms with van der Waals surface area (Å²) in [5, 5.41) is 10.8. The Morgan fingerprint density at radius 1 is 1.36 bits per heavy atom. The summed E-state index contributed by atoms with van der Waals surface area (Å²) >= 11 is 1.70. The van der Waals surface area contributed by atoms with Gasteiger partial charge in [-0.2, -0.15) is 0 Å². The van der Waals surface area contributed by atoms with Crippen molar-refractivity contribution in [3.05, 3.63) is 15.6 Å². The van der Waals surface area contributed by atoms with E-state index >= 15 is 0 Å². The van der Waals surface area contributed by atoms with Crippen molar-refractivity contribution < 1.29 is 5.11 Å². The molecule has 0 saturated heterocycles. The van der Waals surface area contributed by atoms with E-state index in [1.807, 2.05) is 6.92 Å². The first-order valence-corrected chi connectivity index (χ1v) is 5.91. The van der Waals surface area contributed by atoms with Crippen molar-refractivity contribution in [3.8, 4) is 0 Å². The molecule has 0 bridgehead atoms. The Hall–Kier alpha value is -0.410. The molecule has 1 unspecified atom stereocenters. The topological polar surface area (TPSA) is 33.1 Å². The largest absolute Gasteiger partial charge is 0.393 e. The zero-order valence-electron chi connectivity index (χ0n) is 9.37. The van der Waals surface area contributed by atoms with Gasteiger partial charge in [-0.1, -0.05) is 13.8 Å². The van der Waals surface area contributed by atoms with Crippen LogP contribution in [0.2, 0.25) is 0 Å². The molecule has 0 aliphatic carbocycles. The van der Waals surface area contributed by atoms with Gasteiger partial charge in [-0.05, 0) is 26.2 Å². The van der Waals surface area contributed by atoms with Crippen LogP contribution in [0.1, 0.15) is 35.8 Å². The van der Waals surface area contributed by atoms with Crippen molar-refractivity contribution in [1.82, 2.24) is 4.98 Å². The van der Waals surface area contributed by atoms with Crippen LogP contribution in [-0.4, -0.2) is 16.2 Å². The average Bonchev–Trinajstić information content (AvgIpc) is 2.28. The lowest BCUT2D eigenvalue weighted by atomic mass is 10.0. The number of aromatic nitrogens is 1. The molecule has 0 amide bonds. The Kier molecular flexibility index (Phi) is 4.08. The van der Waals surface area contributed by atoms with Gasteiger partial charge in [-0.25, -0.2) is 4.98 Å². The fourth-order valence-electron chi connectivity index (χ4n) is 1.46. The van der Waals surface area contributed by atoms with Crippen molar-refractivity contribution in [2.75, 3.05) is 0 Å². The van der Waals surface area contributed by atoms with Crippen LogP contribution < -0.4 is 0 Å². The summed E-state index contributed by atoms with van der Waals surface area (Å²) in [5.74, 6) is 0.548. The summed E-state index contributed by atoms with van der Waals surface area (Å²) < 4.78 is 0. The molecular weight excluding hydrogens is 194 g/mol. The molecule has 80 valence electrons. The lowest BCUT2D eigenvalue weighted by Crippen LogP contribution is -2.13. The third-order valence-corrected chi connectivity index (χ3v) is 3.32. The number of aryl methyl sites for hydroxylation is 2. The monoisotopic (exact) mass is 213 g/mol. The first-order valence-electron chi connectivity index (χ1n) is 5.10. The Labute approximate surface area is 90.0 Å². The average molecular weight is 213 g/mol. The number of thiazole rings is 1. The first kappa shape index (κ1) is 11.7. The molecule has 14 heavy (non-hydrogen) atoms. The van der Waals surface area contributed by atoms with E-state index in [0.29, 0.717) is 12.3 Å². The molecule has 1 aromatic heterocycles. The van der Waals surface area contributed by atoms with Crippen LogP contribution in [-0.2, 0) is 6.42 Å². The fourth-order valence-corrected chi connectivity index (χ4v) is 2.46. The van der Waals surface area contributed by atoms with Crippen LogP contribution in [0, 0.1) is 19.8 Å². The highest BCUT2D eigenvalue weighted by Crippen LogP contribution is 2.19. The van der Waals surface area contributed by atoms with Gasteiger partial charge in [-0.3, -0.25) is 0 Å². The van der Waals surface area contributed by atoms with Crippen molar-refractivity contribution in [3.63, 3.8) is 0 Å². The molecule has 0 saturated carbocycles. The zero-order valence-corrected chi connectivity index (χ0v) is 10.2. The molecule has 1 N–H and O–H groups in total. The molecule has 0 aliphatic rings. The quantitative estimate of drug-likeness (QED) is 0.834. The third kappa shape index (κ3) is 3.39. The highest BCUT2D eigenvalue weighted by Gasteiger charge is 2.11. The summed E-state index contributed by atoms with van der Waals surface area (Å²) in [5.41, 5.74) is 1.10. The van der Waals surface area contributed by atoms with Crippen LogP contribution in [0.5, 0.6) is 0 Å². The predicted molar refractivity (Wildman–Crippen MR) is 60.8 cm³/mol. The number of aliphatic hydroxyl groups is 1. The van der Waals surface area contributed by atoms with Gasteiger partial charge in [0.05, 0.1) is 16.8 Å². The van der Waals surface area contributed by atoms with E-state index < -0.39 is 0 Å². The zero-order chi connectivity index (χ0) is 10.7. The van der Waals surface area contributed by atoms with Gasteiger partial charge in [0.2, 0.25) is 0 Å². The van der Waals surface area contributed by atoms with E-state index in [0.717, 1.165) is 17.1 Å². The maximum atomic E-state index is 9.74. The van der Waals surface area contributed by atoms with Gasteiger partial charge < -0.3 is 5.11 Å². The second-order valence-electron chi connectivity index (χ2n) is 4.24. The van der Waals surface area contributed by atoms with Crippen LogP contribution >= 0.6 is 11.3 Å². The molecule has 0 spiro atoms. The molecule has 0 aromatic carbocycles. The van der Waals surface area contributed by atoms with Crippen LogP contribution in [0.3, 0.4) is 0 Å². The highest BCUT2D eigenvalue weighted by molar-refractivity contribution is 7.11. The summed E-state index contributed by atoms with van der Waals surface area (Å²) in [4.78, 5) is 5.68. The van der Waals surface area contributed by atoms with Crippen molar-refractivity contribution in [2.24, 2.45) is 5.92 Å². The van der Waals surface area contributed by atoms with Gasteiger partial charge in [0.15, 0.2) is 0 Å². The molecule has 1 aromatic rings. The van der Waals surface area contributed by atoms with E-state index in [1.165, 1.54) is 4.88 Å². The number of hydrogen-bond donors (Lipinski definition) is 1. The van der Waals surface area contributed by atoms with Gasteiger partial charge in [-0.15, -0.1) is 11.3 Å². The minimum Gasteiger partial charge on any atom is -0.393 e. The molecular formula is C11H19NOS. The molecule has 2 nitrogen and oxygen atoms in total. The maximum absolute atomic E-state index is 9.74. The summed E-state index contributed by atoms with van der Waals surface area (Å²) in [7, 11) is 0. The Morgan fingerprint density at radius 3 is 2.43 bits per heavy atom. The molecule has 0 fully saturated rings. The fraction of sp³-hybridized carbons (Fsp3) is 0.727. The van der Waals surface area contributed by atoms with Gasteiger partial charge in [0.25, 0.3) is 0 Å². The second kappa shape index (κ2) is 4.89. The van der Waals surface area contributed by atoms with Gasteiger partial charge in [0, 0.05) is 11.3 Å². The summed E-state index contributed by atoms with van der Waals surface area (Å²) in [6.45, 7) is 8.35. The molecule has 0 radical (unpaired) electrons. The molecule has 0 aliphatic heterocycles. The lowest BCUT2D eigenvalue weighted by molar-refractivity contribution is 0.149. The molecule has 3 heteroatoms. The Bertz CT molecular complexity index is 274. The third-order valence-electron chi connectivity index (χ3n) is 2.23. The SMILES string of the molecule is Cc1nc(CC(O)CC(C)C)sc1C. The highest BCUT2D eigenvalue weighted by atomic mass is 32.1. The van der Waals surface area contributed by atoms with Crippen molar-refractivity contribution >= 4 is 11.3 Å². The molecule has 1 atom stereocenters. The smallest absolute Gasteiger partial charge is 0.0956 e. The number of hydrogen-bond acceptors (Lipinski definition) is 3. The van der Waals surface area contributed by atoms with E-state index in [2.05, 4.69) is 25.8 Å². The van der Waals surface area contributed by atoms with E-state index in [9.17, 15) is 5.11 Å². The van der Waals surface area contributed by atoms with Crippen LogP contribution in [0.4, 0.5) is 0 Å². The number of aliphatic hydroxyl groups excluding tert-OH is 1. The van der Waals surface area contributed by atoms with Gasteiger partial charge >= 0.3 is 0 Å². The second-order valence-corrected chi connectivity index (χ2v) is 5.52. The van der Waals surface area contributed by atoms with Crippen LogP contribution in [0.25, 0.3) is 0 Å². The van der Waals surface area contributed by atoms with Gasteiger partial charge in [0.1, 0.15) is 0 Å². The Balaban J connectivity index is 2.51. The maximum Gasteiger partial charge on any atom is 0.0956 e. The number of nitrogens with zero attached hydrogens (tertiary/aromatic N) is 1. The molecule has 1 heterocycles. The predicted octanol–water partition coefficient (Wildman–Crippen LogP) is 2.71. The summed E-state index contributed by atoms with van der Waals surface area (Å²) in [6.07, 6.45) is 1.33. The van der Waals surface area contributed by atoms with E-state index in [1.54, 1.807) is 11.3 Å². The molecule has 1 rings (SSSR count). The standard InChI is InChI=1S/C11H19NOS/c1-7(2)5-10(13)6-11-12-8(3)9(4)14-11/h7,10,13H,5-6H2,1-4H3. The Morgan fingerprint density at radius 2 is 2.00 bits per heavy atom. The first-order chi connectivity index (χ1) is 6.49. The van der Waals surface area contributed by atoms with E-state index in [4.69, 9.17) is 0 Å². The van der Waals surface area contributed by atoms with Crippen LogP contribution in [0.15, 0.2) is 0 Å². The lowest BCUT2D eigenvalue weighted by Gasteiger charge is -2.10. The number of rotatable bonds is 4. The minimum atomic E-state index is -0.236. The van der Waals surface area contributed by atoms with E-state index in [-0.39, 0.29) is 6.10 Å². The summed E-state index contributed by atoms with van der Waals surface area (Å²) in [6, 6.07) is 0. The minimum absolute atomic E-state index is 0.236. The van der Waals surface area contributed by atoms with Crippen molar-refractivity contribution in [2.45, 2.75) is 46.6 Å². The normalized spacial score (nSPS) is 13.6. The van der Waals surface area contributed by atoms with Crippen molar-refractivity contribution in [1.29, 1.82) is 0 Å².